The zero-order chi connectivity index (χ0) is 11.4. The van der Waals surface area contributed by atoms with Crippen LogP contribution in [0.1, 0.15) is 30.8 Å². The lowest BCUT2D eigenvalue weighted by atomic mass is 10.1. The van der Waals surface area contributed by atoms with Gasteiger partial charge in [-0.05, 0) is 26.3 Å². The summed E-state index contributed by atoms with van der Waals surface area (Å²) in [7, 11) is 1.90. The third-order valence-corrected chi connectivity index (χ3v) is 2.43. The minimum Gasteiger partial charge on any atom is -0.392 e. The number of hydrogen-bond donors (Lipinski definition) is 1. The fourth-order valence-electron chi connectivity index (χ4n) is 1.74. The smallest absolute Gasteiger partial charge is 0.0733 e. The lowest BCUT2D eigenvalue weighted by Crippen LogP contribution is -1.99. The molecule has 0 aromatic carbocycles. The van der Waals surface area contributed by atoms with Gasteiger partial charge in [-0.1, -0.05) is 18.2 Å². The Morgan fingerprint density at radius 1 is 1.47 bits per heavy atom. The summed E-state index contributed by atoms with van der Waals surface area (Å²) in [6.07, 6.45) is 6.03. The van der Waals surface area contributed by atoms with Gasteiger partial charge in [0.05, 0.1) is 18.0 Å². The van der Waals surface area contributed by atoms with Crippen LogP contribution in [0.3, 0.4) is 0 Å². The Morgan fingerprint density at radius 3 is 2.60 bits per heavy atom. The first-order valence-electron chi connectivity index (χ1n) is 5.08. The maximum absolute atomic E-state index is 9.32. The summed E-state index contributed by atoms with van der Waals surface area (Å²) < 4.78 is 1.82. The molecule has 3 heteroatoms. The standard InChI is InChI=1S/C12H18N2O/c1-5-7-10(6-2)12-11(8-15)9(3)13-14(12)4/h5-7,15H,8H2,1-4H3/b7-5-,10-6+. The third-order valence-electron chi connectivity index (χ3n) is 2.43. The average Bonchev–Trinajstić information content (AvgIpc) is 2.49. The molecule has 1 aromatic rings. The van der Waals surface area contributed by atoms with Crippen LogP contribution in [-0.2, 0) is 13.7 Å². The van der Waals surface area contributed by atoms with E-state index < -0.39 is 0 Å². The van der Waals surface area contributed by atoms with Gasteiger partial charge in [0.2, 0.25) is 0 Å². The van der Waals surface area contributed by atoms with Crippen molar-refractivity contribution in [2.45, 2.75) is 27.4 Å². The molecule has 0 radical (unpaired) electrons. The first kappa shape index (κ1) is 11.7. The van der Waals surface area contributed by atoms with Crippen LogP contribution in [0.4, 0.5) is 0 Å². The second-order valence-corrected chi connectivity index (χ2v) is 3.44. The molecule has 0 aliphatic heterocycles. The summed E-state index contributed by atoms with van der Waals surface area (Å²) in [6.45, 7) is 5.91. The average molecular weight is 206 g/mol. The van der Waals surface area contributed by atoms with Crippen molar-refractivity contribution in [3.63, 3.8) is 0 Å². The van der Waals surface area contributed by atoms with Crippen LogP contribution in [0.15, 0.2) is 18.2 Å². The van der Waals surface area contributed by atoms with Gasteiger partial charge in [-0.25, -0.2) is 0 Å². The highest BCUT2D eigenvalue weighted by Crippen LogP contribution is 2.22. The van der Waals surface area contributed by atoms with Crippen molar-refractivity contribution in [1.29, 1.82) is 0 Å². The van der Waals surface area contributed by atoms with Crippen molar-refractivity contribution >= 4 is 5.57 Å². The van der Waals surface area contributed by atoms with Crippen molar-refractivity contribution in [2.24, 2.45) is 7.05 Å². The van der Waals surface area contributed by atoms with Crippen molar-refractivity contribution in [3.8, 4) is 0 Å². The lowest BCUT2D eigenvalue weighted by Gasteiger charge is -2.05. The van der Waals surface area contributed by atoms with Gasteiger partial charge in [0.1, 0.15) is 0 Å². The molecule has 15 heavy (non-hydrogen) atoms. The number of aromatic nitrogens is 2. The van der Waals surface area contributed by atoms with Crippen LogP contribution >= 0.6 is 0 Å². The number of allylic oxidation sites excluding steroid dienone is 4. The highest BCUT2D eigenvalue weighted by Gasteiger charge is 2.13. The summed E-state index contributed by atoms with van der Waals surface area (Å²) >= 11 is 0. The minimum atomic E-state index is 0.0316. The summed E-state index contributed by atoms with van der Waals surface area (Å²) in [6, 6.07) is 0. The molecule has 1 aromatic heterocycles. The normalized spacial score (nSPS) is 12.7. The van der Waals surface area contributed by atoms with E-state index >= 15 is 0 Å². The molecular formula is C12H18N2O. The molecule has 0 aliphatic rings. The Labute approximate surface area is 90.7 Å². The molecule has 0 unspecified atom stereocenters. The second-order valence-electron chi connectivity index (χ2n) is 3.44. The predicted octanol–water partition coefficient (Wildman–Crippen LogP) is 2.20. The molecule has 0 aliphatic carbocycles. The van der Waals surface area contributed by atoms with Crippen LogP contribution in [0.25, 0.3) is 5.57 Å². The number of rotatable bonds is 3. The monoisotopic (exact) mass is 206 g/mol. The fourth-order valence-corrected chi connectivity index (χ4v) is 1.74. The van der Waals surface area contributed by atoms with E-state index in [2.05, 4.69) is 5.10 Å². The molecule has 0 bridgehead atoms. The molecule has 1 N–H and O–H groups in total. The third kappa shape index (κ3) is 2.18. The van der Waals surface area contributed by atoms with E-state index in [1.165, 1.54) is 0 Å². The maximum atomic E-state index is 9.32. The molecule has 0 saturated carbocycles. The number of aliphatic hydroxyl groups is 1. The van der Waals surface area contributed by atoms with Gasteiger partial charge in [0.15, 0.2) is 0 Å². The fraction of sp³-hybridized carbons (Fsp3) is 0.417. The van der Waals surface area contributed by atoms with Gasteiger partial charge in [-0.2, -0.15) is 5.10 Å². The highest BCUT2D eigenvalue weighted by molar-refractivity contribution is 5.74. The van der Waals surface area contributed by atoms with E-state index in [0.717, 1.165) is 22.5 Å². The van der Waals surface area contributed by atoms with E-state index in [-0.39, 0.29) is 6.61 Å². The molecule has 0 spiro atoms. The lowest BCUT2D eigenvalue weighted by molar-refractivity contribution is 0.280. The number of nitrogens with zero attached hydrogens (tertiary/aromatic N) is 2. The van der Waals surface area contributed by atoms with Gasteiger partial charge in [-0.15, -0.1) is 0 Å². The zero-order valence-electron chi connectivity index (χ0n) is 9.78. The number of aryl methyl sites for hydroxylation is 2. The second kappa shape index (κ2) is 4.94. The van der Waals surface area contributed by atoms with Gasteiger partial charge in [-0.3, -0.25) is 4.68 Å². The van der Waals surface area contributed by atoms with Crippen LogP contribution in [0.5, 0.6) is 0 Å². The molecule has 1 rings (SSSR count). The first-order valence-corrected chi connectivity index (χ1v) is 5.08. The number of hydrogen-bond acceptors (Lipinski definition) is 2. The molecule has 0 amide bonds. The van der Waals surface area contributed by atoms with E-state index in [1.807, 2.05) is 50.7 Å². The van der Waals surface area contributed by atoms with Gasteiger partial charge >= 0.3 is 0 Å². The highest BCUT2D eigenvalue weighted by atomic mass is 16.3. The Hall–Kier alpha value is -1.35. The van der Waals surface area contributed by atoms with Crippen molar-refractivity contribution < 1.29 is 5.11 Å². The van der Waals surface area contributed by atoms with Gasteiger partial charge in [0, 0.05) is 12.6 Å². The Bertz CT molecular complexity index is 400. The van der Waals surface area contributed by atoms with E-state index in [1.54, 1.807) is 0 Å². The maximum Gasteiger partial charge on any atom is 0.0733 e. The van der Waals surface area contributed by atoms with Gasteiger partial charge < -0.3 is 5.11 Å². The Morgan fingerprint density at radius 2 is 2.13 bits per heavy atom. The largest absolute Gasteiger partial charge is 0.392 e. The van der Waals surface area contributed by atoms with Crippen LogP contribution in [0.2, 0.25) is 0 Å². The van der Waals surface area contributed by atoms with Gasteiger partial charge in [0.25, 0.3) is 0 Å². The topological polar surface area (TPSA) is 38.1 Å². The molecular weight excluding hydrogens is 188 g/mol. The first-order chi connectivity index (χ1) is 7.15. The summed E-state index contributed by atoms with van der Waals surface area (Å²) in [5, 5.41) is 13.6. The van der Waals surface area contributed by atoms with E-state index in [9.17, 15) is 5.11 Å². The molecule has 0 atom stereocenters. The molecule has 82 valence electrons. The molecule has 0 saturated heterocycles. The molecule has 1 heterocycles. The predicted molar refractivity (Wildman–Crippen MR) is 62.3 cm³/mol. The number of aliphatic hydroxyl groups excluding tert-OH is 1. The quantitative estimate of drug-likeness (QED) is 0.770. The minimum absolute atomic E-state index is 0.0316. The van der Waals surface area contributed by atoms with Crippen LogP contribution < -0.4 is 0 Å². The van der Waals surface area contributed by atoms with Crippen molar-refractivity contribution in [2.75, 3.05) is 0 Å². The SMILES string of the molecule is C/C=C\C(=C/C)c1c(CO)c(C)nn1C. The van der Waals surface area contributed by atoms with Crippen molar-refractivity contribution in [3.05, 3.63) is 35.2 Å². The molecule has 0 fully saturated rings. The Balaban J connectivity index is 3.34. The summed E-state index contributed by atoms with van der Waals surface area (Å²) in [4.78, 5) is 0. The van der Waals surface area contributed by atoms with E-state index in [0.29, 0.717) is 0 Å². The van der Waals surface area contributed by atoms with E-state index in [4.69, 9.17) is 0 Å². The molecule has 3 nitrogen and oxygen atoms in total. The van der Waals surface area contributed by atoms with Crippen LogP contribution in [-0.4, -0.2) is 14.9 Å². The summed E-state index contributed by atoms with van der Waals surface area (Å²) in [5.41, 5.74) is 3.88. The van der Waals surface area contributed by atoms with Crippen molar-refractivity contribution in [1.82, 2.24) is 9.78 Å². The summed E-state index contributed by atoms with van der Waals surface area (Å²) in [5.74, 6) is 0. The zero-order valence-corrected chi connectivity index (χ0v) is 9.78. The van der Waals surface area contributed by atoms with Crippen LogP contribution in [0, 0.1) is 6.92 Å². The Kier molecular flexibility index (Phi) is 3.86.